The van der Waals surface area contributed by atoms with Crippen molar-refractivity contribution in [2.24, 2.45) is 5.92 Å². The predicted molar refractivity (Wildman–Crippen MR) is 87.3 cm³/mol. The van der Waals surface area contributed by atoms with Crippen LogP contribution in [0.3, 0.4) is 0 Å². The van der Waals surface area contributed by atoms with Gasteiger partial charge in [-0.2, -0.15) is 0 Å². The van der Waals surface area contributed by atoms with E-state index in [1.807, 2.05) is 0 Å². The first-order chi connectivity index (χ1) is 11.0. The van der Waals surface area contributed by atoms with Crippen molar-refractivity contribution in [3.8, 4) is 0 Å². The zero-order chi connectivity index (χ0) is 16.7. The highest BCUT2D eigenvalue weighted by atomic mass is 19.1. The minimum absolute atomic E-state index is 0.0170. The number of rotatable bonds is 6. The molecule has 0 aromatic heterocycles. The highest BCUT2D eigenvalue weighted by Crippen LogP contribution is 2.17. The first-order valence-corrected chi connectivity index (χ1v) is 8.36. The van der Waals surface area contributed by atoms with Gasteiger partial charge in [0.2, 0.25) is 11.8 Å². The van der Waals surface area contributed by atoms with Crippen LogP contribution in [-0.2, 0) is 16.0 Å². The summed E-state index contributed by atoms with van der Waals surface area (Å²) < 4.78 is 12.9. The van der Waals surface area contributed by atoms with E-state index in [0.29, 0.717) is 6.42 Å². The molecule has 4 nitrogen and oxygen atoms in total. The van der Waals surface area contributed by atoms with E-state index in [1.54, 1.807) is 19.1 Å². The number of hydrogen-bond donors (Lipinski definition) is 2. The van der Waals surface area contributed by atoms with Gasteiger partial charge in [-0.3, -0.25) is 9.59 Å². The molecule has 1 aliphatic carbocycles. The number of nitrogens with one attached hydrogen (secondary N) is 2. The number of halogens is 1. The molecular weight excluding hydrogens is 295 g/mol. The van der Waals surface area contributed by atoms with Crippen LogP contribution < -0.4 is 10.6 Å². The van der Waals surface area contributed by atoms with Gasteiger partial charge in [0.15, 0.2) is 0 Å². The second kappa shape index (κ2) is 8.65. The van der Waals surface area contributed by atoms with Crippen molar-refractivity contribution in [2.45, 2.75) is 51.5 Å². The molecule has 0 radical (unpaired) electrons. The van der Waals surface area contributed by atoms with Gasteiger partial charge in [0, 0.05) is 12.0 Å². The van der Waals surface area contributed by atoms with E-state index in [-0.39, 0.29) is 36.1 Å². The third-order valence-electron chi connectivity index (χ3n) is 4.30. The Hall–Kier alpha value is -1.91. The molecule has 0 spiro atoms. The summed E-state index contributed by atoms with van der Waals surface area (Å²) in [5, 5.41) is 5.65. The minimum Gasteiger partial charge on any atom is -0.352 e. The zero-order valence-electron chi connectivity index (χ0n) is 13.6. The van der Waals surface area contributed by atoms with Crippen LogP contribution in [0.15, 0.2) is 24.3 Å². The van der Waals surface area contributed by atoms with Gasteiger partial charge in [0.1, 0.15) is 5.82 Å². The molecule has 5 heteroatoms. The van der Waals surface area contributed by atoms with Crippen LogP contribution in [0.5, 0.6) is 0 Å². The number of carbonyl (C=O) groups excluding carboxylic acids is 2. The van der Waals surface area contributed by atoms with Crippen molar-refractivity contribution in [2.75, 3.05) is 6.54 Å². The molecule has 0 heterocycles. The van der Waals surface area contributed by atoms with E-state index < -0.39 is 0 Å². The highest BCUT2D eigenvalue weighted by Gasteiger charge is 2.18. The molecule has 1 aromatic rings. The Morgan fingerprint density at radius 1 is 1.17 bits per heavy atom. The van der Waals surface area contributed by atoms with Crippen molar-refractivity contribution >= 4 is 11.8 Å². The Morgan fingerprint density at radius 2 is 1.83 bits per heavy atom. The van der Waals surface area contributed by atoms with E-state index in [0.717, 1.165) is 31.2 Å². The molecule has 1 aliphatic rings. The molecule has 2 rings (SSSR count). The summed E-state index contributed by atoms with van der Waals surface area (Å²) in [6.07, 6.45) is 6.14. The standard InChI is InChI=1S/C18H25FN2O2/c1-13(11-14-7-9-15(19)10-8-14)18(23)20-12-17(22)21-16-5-3-2-4-6-16/h7-10,13,16H,2-6,11-12H2,1H3,(H,20,23)(H,21,22). The van der Waals surface area contributed by atoms with E-state index >= 15 is 0 Å². The van der Waals surface area contributed by atoms with Crippen molar-refractivity contribution in [1.29, 1.82) is 0 Å². The van der Waals surface area contributed by atoms with Gasteiger partial charge in [-0.05, 0) is 37.0 Å². The molecule has 1 unspecified atom stereocenters. The SMILES string of the molecule is CC(Cc1ccc(F)cc1)C(=O)NCC(=O)NC1CCCCC1. The third kappa shape index (κ3) is 6.00. The summed E-state index contributed by atoms with van der Waals surface area (Å²) in [4.78, 5) is 23.9. The van der Waals surface area contributed by atoms with Crippen LogP contribution in [0.2, 0.25) is 0 Å². The summed E-state index contributed by atoms with van der Waals surface area (Å²) in [5.41, 5.74) is 0.903. The first kappa shape index (κ1) is 17.4. The molecule has 0 bridgehead atoms. The van der Waals surface area contributed by atoms with E-state index in [4.69, 9.17) is 0 Å². The van der Waals surface area contributed by atoms with Crippen molar-refractivity contribution in [1.82, 2.24) is 10.6 Å². The molecule has 1 fully saturated rings. The molecule has 0 aliphatic heterocycles. The van der Waals surface area contributed by atoms with Crippen LogP contribution in [0, 0.1) is 11.7 Å². The lowest BCUT2D eigenvalue weighted by atomic mass is 9.95. The van der Waals surface area contributed by atoms with Crippen LogP contribution in [0.1, 0.15) is 44.6 Å². The average Bonchev–Trinajstić information content (AvgIpc) is 2.55. The number of benzene rings is 1. The lowest BCUT2D eigenvalue weighted by Gasteiger charge is -2.23. The zero-order valence-corrected chi connectivity index (χ0v) is 13.6. The molecule has 126 valence electrons. The summed E-state index contributed by atoms with van der Waals surface area (Å²) in [6.45, 7) is 1.82. The van der Waals surface area contributed by atoms with Gasteiger partial charge in [0.25, 0.3) is 0 Å². The normalized spacial score (nSPS) is 16.6. The highest BCUT2D eigenvalue weighted by molar-refractivity contribution is 5.85. The second-order valence-electron chi connectivity index (χ2n) is 6.35. The molecule has 23 heavy (non-hydrogen) atoms. The van der Waals surface area contributed by atoms with Gasteiger partial charge < -0.3 is 10.6 Å². The number of hydrogen-bond acceptors (Lipinski definition) is 2. The second-order valence-corrected chi connectivity index (χ2v) is 6.35. The summed E-state index contributed by atoms with van der Waals surface area (Å²) in [7, 11) is 0. The fourth-order valence-corrected chi connectivity index (χ4v) is 2.93. The van der Waals surface area contributed by atoms with E-state index in [2.05, 4.69) is 10.6 Å². The molecule has 1 saturated carbocycles. The predicted octanol–water partition coefficient (Wildman–Crippen LogP) is 2.57. The van der Waals surface area contributed by atoms with Gasteiger partial charge in [-0.1, -0.05) is 38.3 Å². The first-order valence-electron chi connectivity index (χ1n) is 8.36. The van der Waals surface area contributed by atoms with Gasteiger partial charge in [-0.25, -0.2) is 4.39 Å². The lowest BCUT2D eigenvalue weighted by molar-refractivity contribution is -0.128. The fourth-order valence-electron chi connectivity index (χ4n) is 2.93. The van der Waals surface area contributed by atoms with Crippen molar-refractivity contribution in [3.05, 3.63) is 35.6 Å². The monoisotopic (exact) mass is 320 g/mol. The maximum atomic E-state index is 12.9. The van der Waals surface area contributed by atoms with Crippen LogP contribution in [-0.4, -0.2) is 24.4 Å². The average molecular weight is 320 g/mol. The Bertz CT molecular complexity index is 524. The van der Waals surface area contributed by atoms with Gasteiger partial charge in [-0.15, -0.1) is 0 Å². The van der Waals surface area contributed by atoms with Crippen molar-refractivity contribution in [3.63, 3.8) is 0 Å². The Labute approximate surface area is 136 Å². The maximum Gasteiger partial charge on any atom is 0.239 e. The molecule has 1 atom stereocenters. The maximum absolute atomic E-state index is 12.9. The smallest absolute Gasteiger partial charge is 0.239 e. The fraction of sp³-hybridized carbons (Fsp3) is 0.556. The largest absolute Gasteiger partial charge is 0.352 e. The van der Waals surface area contributed by atoms with Crippen LogP contribution in [0.25, 0.3) is 0 Å². The van der Waals surface area contributed by atoms with Crippen molar-refractivity contribution < 1.29 is 14.0 Å². The molecule has 0 saturated heterocycles. The summed E-state index contributed by atoms with van der Waals surface area (Å²) >= 11 is 0. The van der Waals surface area contributed by atoms with Crippen LogP contribution in [0.4, 0.5) is 4.39 Å². The van der Waals surface area contributed by atoms with Crippen LogP contribution >= 0.6 is 0 Å². The topological polar surface area (TPSA) is 58.2 Å². The molecule has 2 N–H and O–H groups in total. The lowest BCUT2D eigenvalue weighted by Crippen LogP contribution is -2.43. The Kier molecular flexibility index (Phi) is 6.56. The minimum atomic E-state index is -0.287. The number of carbonyl (C=O) groups is 2. The third-order valence-corrected chi connectivity index (χ3v) is 4.30. The Morgan fingerprint density at radius 3 is 2.48 bits per heavy atom. The summed E-state index contributed by atoms with van der Waals surface area (Å²) in [5.74, 6) is -0.833. The number of amides is 2. The van der Waals surface area contributed by atoms with E-state index in [1.165, 1.54) is 18.6 Å². The molecule has 1 aromatic carbocycles. The van der Waals surface area contributed by atoms with Gasteiger partial charge >= 0.3 is 0 Å². The molecule has 2 amide bonds. The Balaban J connectivity index is 1.70. The molecular formula is C18H25FN2O2. The van der Waals surface area contributed by atoms with E-state index in [9.17, 15) is 14.0 Å². The summed E-state index contributed by atoms with van der Waals surface area (Å²) in [6, 6.07) is 6.38. The quantitative estimate of drug-likeness (QED) is 0.846. The van der Waals surface area contributed by atoms with Gasteiger partial charge in [0.05, 0.1) is 6.54 Å².